The standard InChI is InChI=1S/C29H42O12/c1-9-13(4)27(35)39-25-20(32)15(6)36-28(21(25)33)41-26-22(34)29(37-16(7)23(26)38-17(8)30)40-24-18(12(2)3)11-10-14(5)19(24)31/h9-12,15-16,20-23,25-26,28-29,31-34H,1-8H3/b13-9-/t15-,16-,20+,21-,22-,23+,25+,26-,28+,29+/m1/s1. The van der Waals surface area contributed by atoms with Crippen LogP contribution in [0.5, 0.6) is 11.5 Å². The topological polar surface area (TPSA) is 170 Å². The third-order valence-corrected chi connectivity index (χ3v) is 7.34. The van der Waals surface area contributed by atoms with Crippen LogP contribution in [0.2, 0.25) is 0 Å². The number of ether oxygens (including phenoxy) is 6. The molecule has 0 aliphatic carbocycles. The van der Waals surface area contributed by atoms with E-state index in [9.17, 15) is 30.0 Å². The van der Waals surface area contributed by atoms with E-state index in [0.717, 1.165) is 0 Å². The number of aryl methyl sites for hydroxylation is 1. The molecule has 0 bridgehead atoms. The van der Waals surface area contributed by atoms with Gasteiger partial charge in [-0.05, 0) is 46.1 Å². The maximum Gasteiger partial charge on any atom is 0.333 e. The van der Waals surface area contributed by atoms with Gasteiger partial charge >= 0.3 is 11.9 Å². The molecule has 0 amide bonds. The lowest BCUT2D eigenvalue weighted by atomic mass is 9.96. The van der Waals surface area contributed by atoms with E-state index >= 15 is 0 Å². The first kappa shape index (κ1) is 32.8. The fourth-order valence-electron chi connectivity index (χ4n) is 4.71. The average molecular weight is 583 g/mol. The number of phenols is 1. The molecule has 2 heterocycles. The second-order valence-corrected chi connectivity index (χ2v) is 10.8. The first-order valence-corrected chi connectivity index (χ1v) is 13.7. The van der Waals surface area contributed by atoms with Crippen molar-refractivity contribution in [3.8, 4) is 11.5 Å². The predicted octanol–water partition coefficient (Wildman–Crippen LogP) is 1.97. The van der Waals surface area contributed by atoms with Gasteiger partial charge in [0, 0.05) is 18.1 Å². The second-order valence-electron chi connectivity index (χ2n) is 10.8. The van der Waals surface area contributed by atoms with Gasteiger partial charge in [-0.15, -0.1) is 0 Å². The predicted molar refractivity (Wildman–Crippen MR) is 144 cm³/mol. The highest BCUT2D eigenvalue weighted by Gasteiger charge is 2.53. The Morgan fingerprint density at radius 3 is 2.10 bits per heavy atom. The highest BCUT2D eigenvalue weighted by Crippen LogP contribution is 2.40. The Morgan fingerprint density at radius 1 is 0.902 bits per heavy atom. The Balaban J connectivity index is 1.92. The van der Waals surface area contributed by atoms with Gasteiger partial charge in [0.05, 0.1) is 12.2 Å². The Morgan fingerprint density at radius 2 is 1.51 bits per heavy atom. The molecule has 10 atom stereocenters. The highest BCUT2D eigenvalue weighted by atomic mass is 16.7. The van der Waals surface area contributed by atoms with Gasteiger partial charge in [-0.3, -0.25) is 4.79 Å². The number of aromatic hydroxyl groups is 1. The third kappa shape index (κ3) is 7.19. The minimum atomic E-state index is -1.68. The maximum absolute atomic E-state index is 12.4. The van der Waals surface area contributed by atoms with Gasteiger partial charge in [0.25, 0.3) is 0 Å². The SMILES string of the molecule is C/C=C(/C)C(=O)O[C@H]1[C@@H](O)[C@@H](C)O[C@@H](O[C@@H]2[C@@H](O)[C@H](Oc3c(C(C)C)ccc(C)c3O)O[C@H](C)[C@@H]2OC(C)=O)[C@@H]1O. The summed E-state index contributed by atoms with van der Waals surface area (Å²) in [5.41, 5.74) is 1.49. The average Bonchev–Trinajstić information content (AvgIpc) is 2.91. The molecule has 2 saturated heterocycles. The van der Waals surface area contributed by atoms with Crippen molar-refractivity contribution >= 4 is 11.9 Å². The van der Waals surface area contributed by atoms with E-state index in [1.165, 1.54) is 26.8 Å². The maximum atomic E-state index is 12.4. The number of hydrogen-bond acceptors (Lipinski definition) is 12. The largest absolute Gasteiger partial charge is 0.504 e. The smallest absolute Gasteiger partial charge is 0.333 e. The summed E-state index contributed by atoms with van der Waals surface area (Å²) in [5.74, 6) is -1.45. The van der Waals surface area contributed by atoms with E-state index in [2.05, 4.69) is 0 Å². The van der Waals surface area contributed by atoms with E-state index < -0.39 is 73.4 Å². The van der Waals surface area contributed by atoms with Gasteiger partial charge in [0.1, 0.15) is 24.4 Å². The van der Waals surface area contributed by atoms with Crippen LogP contribution in [-0.4, -0.2) is 93.8 Å². The van der Waals surface area contributed by atoms with E-state index in [4.69, 9.17) is 28.4 Å². The van der Waals surface area contributed by atoms with E-state index in [1.807, 2.05) is 13.8 Å². The molecule has 0 radical (unpaired) electrons. The number of rotatable bonds is 8. The van der Waals surface area contributed by atoms with Crippen molar-refractivity contribution in [2.75, 3.05) is 0 Å². The molecule has 1 aromatic carbocycles. The van der Waals surface area contributed by atoms with Crippen molar-refractivity contribution in [2.45, 2.75) is 123 Å². The van der Waals surface area contributed by atoms with E-state index in [-0.39, 0.29) is 23.0 Å². The highest BCUT2D eigenvalue weighted by molar-refractivity contribution is 5.87. The number of aliphatic hydroxyl groups is 3. The van der Waals surface area contributed by atoms with Gasteiger partial charge in [-0.1, -0.05) is 32.1 Å². The first-order valence-electron chi connectivity index (χ1n) is 13.7. The lowest BCUT2D eigenvalue weighted by molar-refractivity contribution is -0.347. The Kier molecular flexibility index (Phi) is 10.8. The van der Waals surface area contributed by atoms with Gasteiger partial charge in [0.2, 0.25) is 6.29 Å². The fraction of sp³-hybridized carbons (Fsp3) is 0.655. The van der Waals surface area contributed by atoms with Crippen molar-refractivity contribution in [1.29, 1.82) is 0 Å². The Hall–Kier alpha value is -2.74. The minimum Gasteiger partial charge on any atom is -0.504 e. The van der Waals surface area contributed by atoms with Crippen molar-refractivity contribution in [1.82, 2.24) is 0 Å². The minimum absolute atomic E-state index is 0.0416. The second kappa shape index (κ2) is 13.5. The van der Waals surface area contributed by atoms with Crippen LogP contribution in [-0.2, 0) is 33.3 Å². The molecule has 4 N–H and O–H groups in total. The molecule has 2 aliphatic rings. The zero-order valence-corrected chi connectivity index (χ0v) is 24.6. The monoisotopic (exact) mass is 582 g/mol. The quantitative estimate of drug-likeness (QED) is 0.260. The summed E-state index contributed by atoms with van der Waals surface area (Å²) >= 11 is 0. The molecule has 41 heavy (non-hydrogen) atoms. The number of carbonyl (C=O) groups is 2. The summed E-state index contributed by atoms with van der Waals surface area (Å²) in [7, 11) is 0. The number of benzene rings is 1. The van der Waals surface area contributed by atoms with Gasteiger partial charge in [-0.2, -0.15) is 0 Å². The van der Waals surface area contributed by atoms with Crippen LogP contribution < -0.4 is 4.74 Å². The lowest BCUT2D eigenvalue weighted by Crippen LogP contribution is -2.64. The first-order chi connectivity index (χ1) is 19.2. The summed E-state index contributed by atoms with van der Waals surface area (Å²) in [4.78, 5) is 24.3. The number of hydrogen-bond donors (Lipinski definition) is 4. The number of esters is 2. The van der Waals surface area contributed by atoms with Gasteiger partial charge in [0.15, 0.2) is 30.0 Å². The normalized spacial score (nSPS) is 34.3. The number of aliphatic hydroxyl groups excluding tert-OH is 3. The molecule has 3 rings (SSSR count). The Labute approximate surface area is 239 Å². The van der Waals surface area contributed by atoms with Crippen molar-refractivity contribution < 1.29 is 58.4 Å². The molecular formula is C29H42O12. The van der Waals surface area contributed by atoms with Crippen LogP contribution in [0.25, 0.3) is 0 Å². The van der Waals surface area contributed by atoms with Crippen LogP contribution in [0.15, 0.2) is 23.8 Å². The summed E-state index contributed by atoms with van der Waals surface area (Å²) in [6.07, 6.45) is -11.8. The molecular weight excluding hydrogens is 540 g/mol. The molecule has 2 fully saturated rings. The van der Waals surface area contributed by atoms with Crippen LogP contribution >= 0.6 is 0 Å². The molecule has 0 spiro atoms. The molecule has 2 aliphatic heterocycles. The summed E-state index contributed by atoms with van der Waals surface area (Å²) in [5, 5.41) is 43.8. The number of phenolic OH excluding ortho intramolecular Hbond substituents is 1. The van der Waals surface area contributed by atoms with Crippen molar-refractivity contribution in [3.05, 3.63) is 34.9 Å². The zero-order valence-electron chi connectivity index (χ0n) is 24.6. The molecule has 0 aromatic heterocycles. The third-order valence-electron chi connectivity index (χ3n) is 7.34. The Bertz CT molecular complexity index is 1120. The van der Waals surface area contributed by atoms with Crippen LogP contribution in [0, 0.1) is 6.92 Å². The molecule has 12 nitrogen and oxygen atoms in total. The molecule has 12 heteroatoms. The molecule has 230 valence electrons. The molecule has 0 saturated carbocycles. The summed E-state index contributed by atoms with van der Waals surface area (Å²) in [6.45, 7) is 13.0. The summed E-state index contributed by atoms with van der Waals surface area (Å²) < 4.78 is 34.4. The molecule has 0 unspecified atom stereocenters. The van der Waals surface area contributed by atoms with E-state index in [1.54, 1.807) is 32.9 Å². The number of carbonyl (C=O) groups excluding carboxylic acids is 2. The van der Waals surface area contributed by atoms with Crippen molar-refractivity contribution in [3.63, 3.8) is 0 Å². The lowest BCUT2D eigenvalue weighted by Gasteiger charge is -2.46. The van der Waals surface area contributed by atoms with Gasteiger partial charge < -0.3 is 48.8 Å². The number of allylic oxidation sites excluding steroid dienone is 1. The fourth-order valence-corrected chi connectivity index (χ4v) is 4.71. The van der Waals surface area contributed by atoms with Crippen LogP contribution in [0.4, 0.5) is 0 Å². The van der Waals surface area contributed by atoms with Gasteiger partial charge in [-0.25, -0.2) is 4.79 Å². The summed E-state index contributed by atoms with van der Waals surface area (Å²) in [6, 6.07) is 3.55. The molecule has 1 aromatic rings. The van der Waals surface area contributed by atoms with E-state index in [0.29, 0.717) is 11.1 Å². The van der Waals surface area contributed by atoms with Crippen LogP contribution in [0.1, 0.15) is 65.5 Å². The van der Waals surface area contributed by atoms with Crippen molar-refractivity contribution in [2.24, 2.45) is 0 Å². The zero-order chi connectivity index (χ0) is 30.8. The van der Waals surface area contributed by atoms with Crippen LogP contribution in [0.3, 0.4) is 0 Å².